The smallest absolute Gasteiger partial charge is 0.343 e. The van der Waals surface area contributed by atoms with Crippen molar-refractivity contribution in [2.45, 2.75) is 70.1 Å². The van der Waals surface area contributed by atoms with Gasteiger partial charge in [0.05, 0.1) is 12.1 Å². The Labute approximate surface area is 218 Å². The predicted octanol–water partition coefficient (Wildman–Crippen LogP) is 5.77. The number of carbonyl (C=O) groups excluding carboxylic acids is 2. The zero-order valence-electron chi connectivity index (χ0n) is 21.6. The molecule has 1 saturated heterocycles. The Morgan fingerprint density at radius 3 is 2.19 bits per heavy atom. The Kier molecular flexibility index (Phi) is 11.0. The summed E-state index contributed by atoms with van der Waals surface area (Å²) in [4.78, 5) is 29.2. The minimum atomic E-state index is -4.51. The first-order chi connectivity index (χ1) is 17.8. The maximum atomic E-state index is 12.8. The molecule has 0 bridgehead atoms. The normalized spacial score (nSPS) is 18.3. The van der Waals surface area contributed by atoms with Gasteiger partial charge in [-0.2, -0.15) is 13.2 Å². The number of carbonyl (C=O) groups is 2. The van der Waals surface area contributed by atoms with Crippen LogP contribution in [0.2, 0.25) is 0 Å². The van der Waals surface area contributed by atoms with E-state index in [0.717, 1.165) is 31.5 Å². The van der Waals surface area contributed by atoms with Gasteiger partial charge in [-0.1, -0.05) is 68.7 Å². The summed E-state index contributed by atoms with van der Waals surface area (Å²) in [5.41, 5.74) is -0.985. The largest absolute Gasteiger partial charge is 0.416 e. The van der Waals surface area contributed by atoms with Crippen LogP contribution in [0.5, 0.6) is 0 Å². The molecule has 1 N–H and O–H groups in total. The van der Waals surface area contributed by atoms with Gasteiger partial charge in [-0.3, -0.25) is 14.5 Å². The van der Waals surface area contributed by atoms with Gasteiger partial charge < -0.3 is 10.2 Å². The second kappa shape index (κ2) is 14.2. The number of nitrogens with one attached hydrogen (secondary N) is 1. The van der Waals surface area contributed by atoms with Crippen molar-refractivity contribution in [2.24, 2.45) is 0 Å². The quantitative estimate of drug-likeness (QED) is 0.508. The number of amides is 2. The van der Waals surface area contributed by atoms with Gasteiger partial charge >= 0.3 is 6.18 Å². The van der Waals surface area contributed by atoms with E-state index in [-0.39, 0.29) is 18.0 Å². The van der Waals surface area contributed by atoms with E-state index >= 15 is 0 Å². The summed E-state index contributed by atoms with van der Waals surface area (Å²) in [7, 11) is 0. The fourth-order valence-electron chi connectivity index (χ4n) is 5.16. The maximum Gasteiger partial charge on any atom is 0.416 e. The van der Waals surface area contributed by atoms with Crippen LogP contribution < -0.4 is 5.32 Å². The molecule has 1 aliphatic carbocycles. The summed E-state index contributed by atoms with van der Waals surface area (Å²) in [6.45, 7) is 4.30. The third-order valence-corrected chi connectivity index (χ3v) is 7.03. The summed E-state index contributed by atoms with van der Waals surface area (Å²) < 4.78 is 38.5. The summed E-state index contributed by atoms with van der Waals surface area (Å²) in [6.07, 6.45) is 3.76. The molecule has 2 amide bonds. The summed E-state index contributed by atoms with van der Waals surface area (Å²) in [5.74, 6) is -0.868. The molecule has 4 rings (SSSR count). The van der Waals surface area contributed by atoms with Crippen LogP contribution in [0.25, 0.3) is 0 Å². The van der Waals surface area contributed by atoms with Gasteiger partial charge in [0.2, 0.25) is 5.91 Å². The number of halogens is 3. The molecule has 1 saturated carbocycles. The molecule has 0 aromatic heterocycles. The van der Waals surface area contributed by atoms with Crippen LogP contribution in [-0.2, 0) is 11.0 Å². The molecule has 0 radical (unpaired) electrons. The Morgan fingerprint density at radius 1 is 0.946 bits per heavy atom. The van der Waals surface area contributed by atoms with Crippen LogP contribution in [0.15, 0.2) is 60.7 Å². The van der Waals surface area contributed by atoms with Crippen molar-refractivity contribution in [2.75, 3.05) is 26.2 Å². The Morgan fingerprint density at radius 2 is 1.59 bits per heavy atom. The number of nitrogens with zero attached hydrogens (tertiary/aromatic N) is 2. The molecule has 2 aromatic carbocycles. The molecule has 2 aliphatic rings. The fraction of sp³-hybridized carbons (Fsp3) is 0.517. The van der Waals surface area contributed by atoms with Gasteiger partial charge in [-0.05, 0) is 50.4 Å². The summed E-state index contributed by atoms with van der Waals surface area (Å²) in [5, 5.41) is 2.48. The van der Waals surface area contributed by atoms with Crippen molar-refractivity contribution in [3.8, 4) is 0 Å². The second-order valence-corrected chi connectivity index (χ2v) is 9.73. The average Bonchev–Trinajstić information content (AvgIpc) is 3.42. The highest BCUT2D eigenvalue weighted by molar-refractivity contribution is 5.96. The average molecular weight is 518 g/mol. The third-order valence-electron chi connectivity index (χ3n) is 7.03. The highest BCUT2D eigenvalue weighted by Gasteiger charge is 2.34. The zero-order valence-corrected chi connectivity index (χ0v) is 21.6. The minimum Gasteiger partial charge on any atom is -0.343 e. The Hall–Kier alpha value is -2.87. The predicted molar refractivity (Wildman–Crippen MR) is 139 cm³/mol. The number of likely N-dealkylation sites (tertiary alicyclic amines) is 1. The molecule has 202 valence electrons. The van der Waals surface area contributed by atoms with Gasteiger partial charge in [0.15, 0.2) is 0 Å². The first kappa shape index (κ1) is 28.7. The van der Waals surface area contributed by atoms with Gasteiger partial charge in [-0.15, -0.1) is 0 Å². The molecule has 1 unspecified atom stereocenters. The van der Waals surface area contributed by atoms with E-state index < -0.39 is 17.6 Å². The van der Waals surface area contributed by atoms with E-state index in [1.807, 2.05) is 36.4 Å². The van der Waals surface area contributed by atoms with Crippen LogP contribution in [0, 0.1) is 0 Å². The van der Waals surface area contributed by atoms with Gasteiger partial charge in [-0.25, -0.2) is 0 Å². The van der Waals surface area contributed by atoms with E-state index in [1.165, 1.54) is 44.2 Å². The van der Waals surface area contributed by atoms with Crippen LogP contribution in [0.4, 0.5) is 13.2 Å². The van der Waals surface area contributed by atoms with E-state index in [9.17, 15) is 22.8 Å². The lowest BCUT2D eigenvalue weighted by Gasteiger charge is -2.38. The summed E-state index contributed by atoms with van der Waals surface area (Å²) >= 11 is 0. The molecule has 1 atom stereocenters. The molecule has 2 aromatic rings. The van der Waals surface area contributed by atoms with Crippen LogP contribution >= 0.6 is 0 Å². The maximum absolute atomic E-state index is 12.8. The van der Waals surface area contributed by atoms with E-state index in [4.69, 9.17) is 0 Å². The standard InChI is InChI=1S/C23H32F3N3O2.C6H6/c1-2-12-29(19-9-4-3-5-10-19)20-11-13-28(16-20)21(30)15-27-22(31)17-7-6-8-18(14-17)23(24,25)26;1-2-4-6-5-3-1/h6-8,14,19-20H,2-5,9-13,15-16H2,1H3,(H,27,31);1-6H. The first-order valence-corrected chi connectivity index (χ1v) is 13.3. The number of alkyl halides is 3. The van der Waals surface area contributed by atoms with Gasteiger partial charge in [0.25, 0.3) is 5.91 Å². The van der Waals surface area contributed by atoms with Crippen LogP contribution in [0.1, 0.15) is 67.8 Å². The van der Waals surface area contributed by atoms with E-state index in [2.05, 4.69) is 17.1 Å². The Bertz CT molecular complexity index is 951. The lowest BCUT2D eigenvalue weighted by atomic mass is 9.93. The van der Waals surface area contributed by atoms with Crippen molar-refractivity contribution in [3.63, 3.8) is 0 Å². The zero-order chi connectivity index (χ0) is 26.7. The second-order valence-electron chi connectivity index (χ2n) is 9.73. The van der Waals surface area contributed by atoms with E-state index in [0.29, 0.717) is 25.2 Å². The number of rotatable bonds is 7. The SMILES string of the molecule is CCCN(C1CCCCC1)C1CCN(C(=O)CNC(=O)c2cccc(C(F)(F)F)c2)C1.c1ccccc1. The highest BCUT2D eigenvalue weighted by Crippen LogP contribution is 2.30. The molecule has 2 fully saturated rings. The first-order valence-electron chi connectivity index (χ1n) is 13.3. The molecule has 8 heteroatoms. The molecular weight excluding hydrogens is 479 g/mol. The fourth-order valence-corrected chi connectivity index (χ4v) is 5.16. The lowest BCUT2D eigenvalue weighted by Crippen LogP contribution is -2.47. The van der Waals surface area contributed by atoms with Crippen molar-refractivity contribution in [1.82, 2.24) is 15.1 Å². The molecule has 1 aliphatic heterocycles. The molecule has 1 heterocycles. The molecule has 0 spiro atoms. The highest BCUT2D eigenvalue weighted by atomic mass is 19.4. The van der Waals surface area contributed by atoms with Crippen molar-refractivity contribution < 1.29 is 22.8 Å². The number of hydrogen-bond acceptors (Lipinski definition) is 3. The van der Waals surface area contributed by atoms with Gasteiger partial charge in [0, 0.05) is 30.7 Å². The Balaban J connectivity index is 0.000000555. The van der Waals surface area contributed by atoms with Crippen LogP contribution in [0.3, 0.4) is 0 Å². The summed E-state index contributed by atoms with van der Waals surface area (Å²) in [6, 6.07) is 17.2. The minimum absolute atomic E-state index is 0.103. The van der Waals surface area contributed by atoms with Crippen molar-refractivity contribution in [1.29, 1.82) is 0 Å². The molecular formula is C29H38F3N3O2. The molecule has 37 heavy (non-hydrogen) atoms. The van der Waals surface area contributed by atoms with Gasteiger partial charge in [0.1, 0.15) is 0 Å². The molecule has 5 nitrogen and oxygen atoms in total. The van der Waals surface area contributed by atoms with E-state index in [1.54, 1.807) is 4.90 Å². The number of hydrogen-bond donors (Lipinski definition) is 1. The number of benzene rings is 2. The third kappa shape index (κ3) is 8.88. The van der Waals surface area contributed by atoms with Crippen LogP contribution in [-0.4, -0.2) is 59.9 Å². The topological polar surface area (TPSA) is 52.6 Å². The monoisotopic (exact) mass is 517 g/mol. The van der Waals surface area contributed by atoms with Crippen molar-refractivity contribution in [3.05, 3.63) is 71.8 Å². The lowest BCUT2D eigenvalue weighted by molar-refractivity contribution is -0.137. The van der Waals surface area contributed by atoms with Crippen molar-refractivity contribution >= 4 is 11.8 Å².